The normalized spacial score (nSPS) is 13.5. The van der Waals surface area contributed by atoms with Gasteiger partial charge in [-0.1, -0.05) is 29.8 Å². The zero-order valence-corrected chi connectivity index (χ0v) is 11.3. The SMILES string of the molecule is O=CCC(Cl)(Cl)C(CCl)c1ccccc1Cl. The molecule has 1 aromatic carbocycles. The summed E-state index contributed by atoms with van der Waals surface area (Å²) in [6.07, 6.45) is 0.690. The lowest BCUT2D eigenvalue weighted by molar-refractivity contribution is -0.108. The van der Waals surface area contributed by atoms with Crippen LogP contribution < -0.4 is 0 Å². The second-order valence-corrected chi connectivity index (χ2v) is 5.62. The Hall–Kier alpha value is 0.0500. The fourth-order valence-electron chi connectivity index (χ4n) is 1.43. The molecular weight excluding hydrogens is 290 g/mol. The van der Waals surface area contributed by atoms with E-state index in [0.717, 1.165) is 5.56 Å². The van der Waals surface area contributed by atoms with E-state index in [9.17, 15) is 4.79 Å². The van der Waals surface area contributed by atoms with Crippen LogP contribution in [0.25, 0.3) is 0 Å². The molecular formula is C11H10Cl4O. The summed E-state index contributed by atoms with van der Waals surface area (Å²) < 4.78 is -1.23. The van der Waals surface area contributed by atoms with Gasteiger partial charge in [0.1, 0.15) is 10.6 Å². The quantitative estimate of drug-likeness (QED) is 0.581. The Labute approximate surface area is 115 Å². The number of carbonyl (C=O) groups excluding carboxylic acids is 1. The predicted octanol–water partition coefficient (Wildman–Crippen LogP) is 4.43. The van der Waals surface area contributed by atoms with E-state index in [4.69, 9.17) is 46.4 Å². The summed E-state index contributed by atoms with van der Waals surface area (Å²) in [6.45, 7) is 0. The second-order valence-electron chi connectivity index (χ2n) is 3.36. The molecule has 1 nitrogen and oxygen atoms in total. The summed E-state index contributed by atoms with van der Waals surface area (Å²) in [6, 6.07) is 7.17. The molecule has 0 spiro atoms. The van der Waals surface area contributed by atoms with Crippen molar-refractivity contribution in [2.75, 3.05) is 5.88 Å². The highest BCUT2D eigenvalue weighted by atomic mass is 35.5. The van der Waals surface area contributed by atoms with Crippen molar-refractivity contribution in [2.45, 2.75) is 16.7 Å². The van der Waals surface area contributed by atoms with Crippen molar-refractivity contribution in [3.05, 3.63) is 34.9 Å². The Morgan fingerprint density at radius 3 is 2.44 bits per heavy atom. The van der Waals surface area contributed by atoms with Crippen LogP contribution in [0.2, 0.25) is 5.02 Å². The molecule has 0 radical (unpaired) electrons. The maximum atomic E-state index is 10.5. The second kappa shape index (κ2) is 6.11. The Morgan fingerprint density at radius 2 is 1.94 bits per heavy atom. The van der Waals surface area contributed by atoms with Gasteiger partial charge in [0, 0.05) is 23.2 Å². The third-order valence-corrected chi connectivity index (χ3v) is 3.79. The molecule has 0 aliphatic rings. The molecule has 0 bridgehead atoms. The molecule has 0 aromatic heterocycles. The van der Waals surface area contributed by atoms with Gasteiger partial charge < -0.3 is 4.79 Å². The van der Waals surface area contributed by atoms with Crippen molar-refractivity contribution in [2.24, 2.45) is 0 Å². The van der Waals surface area contributed by atoms with Crippen molar-refractivity contribution in [1.82, 2.24) is 0 Å². The van der Waals surface area contributed by atoms with E-state index >= 15 is 0 Å². The summed E-state index contributed by atoms with van der Waals surface area (Å²) >= 11 is 24.1. The van der Waals surface area contributed by atoms with E-state index in [2.05, 4.69) is 0 Å². The van der Waals surface area contributed by atoms with Crippen LogP contribution in [-0.4, -0.2) is 16.5 Å². The topological polar surface area (TPSA) is 17.1 Å². The van der Waals surface area contributed by atoms with Gasteiger partial charge >= 0.3 is 0 Å². The summed E-state index contributed by atoms with van der Waals surface area (Å²) in [4.78, 5) is 10.5. The van der Waals surface area contributed by atoms with E-state index in [1.165, 1.54) is 0 Å². The highest BCUT2D eigenvalue weighted by molar-refractivity contribution is 6.50. The Balaban J connectivity index is 3.07. The average Bonchev–Trinajstić information content (AvgIpc) is 2.21. The van der Waals surface area contributed by atoms with Crippen LogP contribution in [0.15, 0.2) is 24.3 Å². The number of hydrogen-bond donors (Lipinski definition) is 0. The maximum absolute atomic E-state index is 10.5. The highest BCUT2D eigenvalue weighted by Gasteiger charge is 2.36. The van der Waals surface area contributed by atoms with Gasteiger partial charge in [0.05, 0.1) is 0 Å². The Bertz CT molecular complexity index is 365. The highest BCUT2D eigenvalue weighted by Crippen LogP contribution is 2.42. The number of hydrogen-bond acceptors (Lipinski definition) is 1. The minimum Gasteiger partial charge on any atom is -0.303 e. The monoisotopic (exact) mass is 298 g/mol. The fourth-order valence-corrected chi connectivity index (χ4v) is 2.81. The molecule has 0 saturated heterocycles. The predicted molar refractivity (Wildman–Crippen MR) is 70.0 cm³/mol. The van der Waals surface area contributed by atoms with Crippen LogP contribution in [0.1, 0.15) is 17.9 Å². The lowest BCUT2D eigenvalue weighted by Crippen LogP contribution is -2.26. The number of rotatable bonds is 5. The van der Waals surface area contributed by atoms with Crippen molar-refractivity contribution in [1.29, 1.82) is 0 Å². The van der Waals surface area contributed by atoms with Crippen LogP contribution in [0.3, 0.4) is 0 Å². The van der Waals surface area contributed by atoms with E-state index < -0.39 is 4.33 Å². The summed E-state index contributed by atoms with van der Waals surface area (Å²) in [5.74, 6) is -0.179. The molecule has 5 heteroatoms. The van der Waals surface area contributed by atoms with E-state index in [-0.39, 0.29) is 18.2 Å². The maximum Gasteiger partial charge on any atom is 0.132 e. The van der Waals surface area contributed by atoms with Gasteiger partial charge in [-0.3, -0.25) is 0 Å². The van der Waals surface area contributed by atoms with Crippen molar-refractivity contribution in [3.8, 4) is 0 Å². The van der Waals surface area contributed by atoms with E-state index in [0.29, 0.717) is 11.3 Å². The molecule has 0 N–H and O–H groups in total. The molecule has 0 aliphatic heterocycles. The first-order valence-electron chi connectivity index (χ1n) is 4.64. The average molecular weight is 300 g/mol. The number of alkyl halides is 3. The van der Waals surface area contributed by atoms with Gasteiger partial charge in [-0.05, 0) is 11.6 Å². The molecule has 16 heavy (non-hydrogen) atoms. The van der Waals surface area contributed by atoms with Crippen molar-refractivity contribution < 1.29 is 4.79 Å². The van der Waals surface area contributed by atoms with Gasteiger partial charge in [-0.2, -0.15) is 0 Å². The molecule has 1 unspecified atom stereocenters. The molecule has 0 aliphatic carbocycles. The van der Waals surface area contributed by atoms with Gasteiger partial charge in [-0.25, -0.2) is 0 Å². The molecule has 1 atom stereocenters. The number of benzene rings is 1. The first-order chi connectivity index (χ1) is 7.53. The lowest BCUT2D eigenvalue weighted by Gasteiger charge is -2.27. The van der Waals surface area contributed by atoms with E-state index in [1.54, 1.807) is 18.2 Å². The van der Waals surface area contributed by atoms with Crippen molar-refractivity contribution in [3.63, 3.8) is 0 Å². The Kier molecular flexibility index (Phi) is 5.39. The van der Waals surface area contributed by atoms with Gasteiger partial charge in [0.15, 0.2) is 0 Å². The first-order valence-corrected chi connectivity index (χ1v) is 6.31. The van der Waals surface area contributed by atoms with Crippen LogP contribution in [-0.2, 0) is 4.79 Å². The minimum absolute atomic E-state index is 0.0126. The standard InChI is InChI=1S/C11H10Cl4O/c12-7-9(11(14,15)5-6-16)8-3-1-2-4-10(8)13/h1-4,6,9H,5,7H2. The van der Waals surface area contributed by atoms with Crippen LogP contribution in [0.5, 0.6) is 0 Å². The third-order valence-electron chi connectivity index (χ3n) is 2.30. The molecule has 0 fully saturated rings. The van der Waals surface area contributed by atoms with Gasteiger partial charge in [0.2, 0.25) is 0 Å². The Morgan fingerprint density at radius 1 is 1.31 bits per heavy atom. The largest absolute Gasteiger partial charge is 0.303 e. The van der Waals surface area contributed by atoms with Gasteiger partial charge in [0.25, 0.3) is 0 Å². The molecule has 1 rings (SSSR count). The summed E-state index contributed by atoms with van der Waals surface area (Å²) in [5.41, 5.74) is 0.756. The summed E-state index contributed by atoms with van der Waals surface area (Å²) in [7, 11) is 0. The molecule has 88 valence electrons. The minimum atomic E-state index is -1.23. The summed E-state index contributed by atoms with van der Waals surface area (Å²) in [5, 5.41) is 0.546. The zero-order valence-electron chi connectivity index (χ0n) is 8.30. The molecule has 0 saturated carbocycles. The third kappa shape index (κ3) is 3.27. The fraction of sp³-hybridized carbons (Fsp3) is 0.364. The zero-order chi connectivity index (χ0) is 12.2. The van der Waals surface area contributed by atoms with Crippen LogP contribution >= 0.6 is 46.4 Å². The number of carbonyl (C=O) groups is 1. The van der Waals surface area contributed by atoms with E-state index in [1.807, 2.05) is 6.07 Å². The van der Waals surface area contributed by atoms with Crippen molar-refractivity contribution >= 4 is 52.7 Å². The molecule has 0 heterocycles. The van der Waals surface area contributed by atoms with Crippen LogP contribution in [0.4, 0.5) is 0 Å². The van der Waals surface area contributed by atoms with Gasteiger partial charge in [-0.15, -0.1) is 34.8 Å². The lowest BCUT2D eigenvalue weighted by atomic mass is 9.95. The van der Waals surface area contributed by atoms with Crippen LogP contribution in [0, 0.1) is 0 Å². The number of halogens is 4. The first kappa shape index (κ1) is 14.1. The molecule has 1 aromatic rings. The molecule has 0 amide bonds. The smallest absolute Gasteiger partial charge is 0.132 e. The number of aldehydes is 1.